The van der Waals surface area contributed by atoms with Gasteiger partial charge in [0, 0.05) is 10.0 Å². The molecule has 2 rings (SSSR count). The normalized spacial score (nSPS) is 11.6. The van der Waals surface area contributed by atoms with Gasteiger partial charge in [0.1, 0.15) is 0 Å². The molecule has 0 spiro atoms. The molecule has 1 N–H and O–H groups in total. The van der Waals surface area contributed by atoms with Crippen molar-refractivity contribution in [1.82, 2.24) is 5.32 Å². The average Bonchev–Trinajstić information content (AvgIpc) is 2.57. The van der Waals surface area contributed by atoms with Crippen LogP contribution < -0.4 is 5.32 Å². The number of carbonyl (C=O) groups excluding carboxylic acids is 2. The van der Waals surface area contributed by atoms with Gasteiger partial charge in [-0.25, -0.2) is 0 Å². The lowest BCUT2D eigenvalue weighted by atomic mass is 10.0. The van der Waals surface area contributed by atoms with Gasteiger partial charge >= 0.3 is 5.97 Å². The van der Waals surface area contributed by atoms with Crippen molar-refractivity contribution in [3.63, 3.8) is 0 Å². The molecule has 6 heteroatoms. The molecule has 0 aliphatic carbocycles. The van der Waals surface area contributed by atoms with Gasteiger partial charge in [0.2, 0.25) is 5.91 Å². The van der Waals surface area contributed by atoms with Crippen LogP contribution in [0, 0.1) is 0 Å². The minimum absolute atomic E-state index is 0.0178. The number of benzene rings is 2. The van der Waals surface area contributed by atoms with Crippen LogP contribution in [0.4, 0.5) is 0 Å². The second-order valence-corrected chi connectivity index (χ2v) is 6.30. The molecule has 0 fully saturated rings. The zero-order valence-electron chi connectivity index (χ0n) is 13.8. The highest BCUT2D eigenvalue weighted by atomic mass is 35.5. The molecule has 0 radical (unpaired) electrons. The molecule has 0 unspecified atom stereocenters. The molecule has 0 aromatic heterocycles. The highest BCUT2D eigenvalue weighted by Crippen LogP contribution is 2.25. The van der Waals surface area contributed by atoms with Crippen molar-refractivity contribution < 1.29 is 14.3 Å². The molecule has 0 heterocycles. The SMILES string of the molecule is CCOC(=O)C[C@H](NC(=O)Cc1ccc(Cl)cc1)c1ccccc1Cl. The summed E-state index contributed by atoms with van der Waals surface area (Å²) in [6.45, 7) is 2.02. The highest BCUT2D eigenvalue weighted by Gasteiger charge is 2.21. The van der Waals surface area contributed by atoms with Crippen LogP contribution in [-0.4, -0.2) is 18.5 Å². The number of halogens is 2. The largest absolute Gasteiger partial charge is 0.466 e. The van der Waals surface area contributed by atoms with Gasteiger partial charge in [-0.2, -0.15) is 0 Å². The quantitative estimate of drug-likeness (QED) is 0.727. The van der Waals surface area contributed by atoms with Gasteiger partial charge in [-0.05, 0) is 36.2 Å². The minimum Gasteiger partial charge on any atom is -0.466 e. The van der Waals surface area contributed by atoms with Gasteiger partial charge in [-0.3, -0.25) is 9.59 Å². The number of rotatable bonds is 7. The summed E-state index contributed by atoms with van der Waals surface area (Å²) in [7, 11) is 0. The molecule has 2 aromatic carbocycles. The van der Waals surface area contributed by atoms with E-state index in [4.69, 9.17) is 27.9 Å². The number of amides is 1. The number of carbonyl (C=O) groups is 2. The summed E-state index contributed by atoms with van der Waals surface area (Å²) in [6, 6.07) is 13.6. The third kappa shape index (κ3) is 6.07. The first kappa shape index (κ1) is 19.3. The van der Waals surface area contributed by atoms with Crippen molar-refractivity contribution in [1.29, 1.82) is 0 Å². The minimum atomic E-state index is -0.549. The van der Waals surface area contributed by atoms with Crippen molar-refractivity contribution in [2.45, 2.75) is 25.8 Å². The Bertz CT molecular complexity index is 732. The van der Waals surface area contributed by atoms with E-state index in [-0.39, 0.29) is 31.3 Å². The van der Waals surface area contributed by atoms with E-state index in [1.54, 1.807) is 49.4 Å². The topological polar surface area (TPSA) is 55.4 Å². The third-order valence-corrected chi connectivity index (χ3v) is 4.17. The van der Waals surface area contributed by atoms with E-state index in [0.29, 0.717) is 15.6 Å². The third-order valence-electron chi connectivity index (χ3n) is 3.57. The number of hydrogen-bond donors (Lipinski definition) is 1. The van der Waals surface area contributed by atoms with Crippen molar-refractivity contribution in [2.75, 3.05) is 6.61 Å². The molecule has 0 bridgehead atoms. The van der Waals surface area contributed by atoms with Gasteiger partial charge < -0.3 is 10.1 Å². The first-order valence-electron chi connectivity index (χ1n) is 7.93. The van der Waals surface area contributed by atoms with Gasteiger partial charge in [0.05, 0.1) is 25.5 Å². The van der Waals surface area contributed by atoms with Crippen molar-refractivity contribution in [3.8, 4) is 0 Å². The van der Waals surface area contributed by atoms with Gasteiger partial charge in [0.25, 0.3) is 0 Å². The Hall–Kier alpha value is -2.04. The highest BCUT2D eigenvalue weighted by molar-refractivity contribution is 6.31. The Balaban J connectivity index is 2.11. The van der Waals surface area contributed by atoms with E-state index in [1.165, 1.54) is 0 Å². The van der Waals surface area contributed by atoms with E-state index < -0.39 is 6.04 Å². The summed E-state index contributed by atoms with van der Waals surface area (Å²) in [5.74, 6) is -0.601. The zero-order valence-corrected chi connectivity index (χ0v) is 15.3. The molecule has 0 saturated carbocycles. The van der Waals surface area contributed by atoms with Gasteiger partial charge in [-0.1, -0.05) is 53.5 Å². The first-order chi connectivity index (χ1) is 12.0. The number of hydrogen-bond acceptors (Lipinski definition) is 3. The van der Waals surface area contributed by atoms with Gasteiger partial charge in [-0.15, -0.1) is 0 Å². The molecule has 4 nitrogen and oxygen atoms in total. The zero-order chi connectivity index (χ0) is 18.2. The van der Waals surface area contributed by atoms with E-state index >= 15 is 0 Å². The Morgan fingerprint density at radius 1 is 1.08 bits per heavy atom. The van der Waals surface area contributed by atoms with Crippen LogP contribution >= 0.6 is 23.2 Å². The molecule has 2 aromatic rings. The molecule has 25 heavy (non-hydrogen) atoms. The summed E-state index contributed by atoms with van der Waals surface area (Å²) in [6.07, 6.45) is 0.199. The van der Waals surface area contributed by atoms with Crippen molar-refractivity contribution in [3.05, 3.63) is 69.7 Å². The predicted octanol–water partition coefficient (Wildman–Crippen LogP) is 4.35. The summed E-state index contributed by atoms with van der Waals surface area (Å²) >= 11 is 12.1. The van der Waals surface area contributed by atoms with Gasteiger partial charge in [0.15, 0.2) is 0 Å². The molecule has 0 aliphatic heterocycles. The second kappa shape index (κ2) is 9.44. The van der Waals surface area contributed by atoms with Crippen LogP contribution in [-0.2, 0) is 20.7 Å². The van der Waals surface area contributed by atoms with E-state index in [9.17, 15) is 9.59 Å². The molecule has 0 aliphatic rings. The van der Waals surface area contributed by atoms with Crippen LogP contribution in [0.1, 0.15) is 30.5 Å². The number of esters is 1. The number of ether oxygens (including phenoxy) is 1. The lowest BCUT2D eigenvalue weighted by Crippen LogP contribution is -2.32. The molecular weight excluding hydrogens is 361 g/mol. The average molecular weight is 380 g/mol. The monoisotopic (exact) mass is 379 g/mol. The molecular formula is C19H19Cl2NO3. The second-order valence-electron chi connectivity index (χ2n) is 5.45. The Morgan fingerprint density at radius 3 is 2.40 bits per heavy atom. The fraction of sp³-hybridized carbons (Fsp3) is 0.263. The summed E-state index contributed by atoms with van der Waals surface area (Å²) < 4.78 is 5.00. The smallest absolute Gasteiger partial charge is 0.308 e. The fourth-order valence-electron chi connectivity index (χ4n) is 2.42. The Labute approximate surface area is 157 Å². The summed E-state index contributed by atoms with van der Waals surface area (Å²) in [4.78, 5) is 24.3. The number of nitrogens with one attached hydrogen (secondary N) is 1. The lowest BCUT2D eigenvalue weighted by Gasteiger charge is -2.19. The predicted molar refractivity (Wildman–Crippen MR) is 98.7 cm³/mol. The van der Waals surface area contributed by atoms with E-state index in [2.05, 4.69) is 5.32 Å². The maximum absolute atomic E-state index is 12.4. The summed E-state index contributed by atoms with van der Waals surface area (Å²) in [5.41, 5.74) is 1.51. The Morgan fingerprint density at radius 2 is 1.76 bits per heavy atom. The van der Waals surface area contributed by atoms with Crippen molar-refractivity contribution >= 4 is 35.1 Å². The van der Waals surface area contributed by atoms with E-state index in [0.717, 1.165) is 5.56 Å². The molecule has 1 atom stereocenters. The standard InChI is InChI=1S/C19H19Cl2NO3/c1-2-25-19(24)12-17(15-5-3-4-6-16(15)21)22-18(23)11-13-7-9-14(20)10-8-13/h3-10,17H,2,11-12H2,1H3,(H,22,23)/t17-/m0/s1. The maximum Gasteiger partial charge on any atom is 0.308 e. The van der Waals surface area contributed by atoms with Crippen LogP contribution in [0.15, 0.2) is 48.5 Å². The van der Waals surface area contributed by atoms with Crippen LogP contribution in [0.2, 0.25) is 10.0 Å². The maximum atomic E-state index is 12.4. The molecule has 1 amide bonds. The summed E-state index contributed by atoms with van der Waals surface area (Å²) in [5, 5.41) is 3.97. The van der Waals surface area contributed by atoms with Crippen molar-refractivity contribution in [2.24, 2.45) is 0 Å². The Kier molecular flexibility index (Phi) is 7.29. The fourth-order valence-corrected chi connectivity index (χ4v) is 2.81. The lowest BCUT2D eigenvalue weighted by molar-refractivity contribution is -0.143. The van der Waals surface area contributed by atoms with E-state index in [1.807, 2.05) is 6.07 Å². The molecule has 0 saturated heterocycles. The van der Waals surface area contributed by atoms with Crippen LogP contribution in [0.5, 0.6) is 0 Å². The van der Waals surface area contributed by atoms with Crippen LogP contribution in [0.3, 0.4) is 0 Å². The van der Waals surface area contributed by atoms with Crippen LogP contribution in [0.25, 0.3) is 0 Å². The molecule has 132 valence electrons. The first-order valence-corrected chi connectivity index (χ1v) is 8.69.